The Balaban J connectivity index is 1.73. The van der Waals surface area contributed by atoms with Crippen molar-refractivity contribution in [2.24, 2.45) is 0 Å². The third kappa shape index (κ3) is 4.00. The fourth-order valence-corrected chi connectivity index (χ4v) is 4.83. The van der Waals surface area contributed by atoms with E-state index in [2.05, 4.69) is 10.2 Å². The third-order valence-electron chi connectivity index (χ3n) is 5.25. The molecule has 0 aliphatic heterocycles. The van der Waals surface area contributed by atoms with Crippen LogP contribution in [0.5, 0.6) is 11.5 Å². The van der Waals surface area contributed by atoms with Gasteiger partial charge in [-0.1, -0.05) is 54.0 Å². The highest BCUT2D eigenvalue weighted by molar-refractivity contribution is 7.18. The van der Waals surface area contributed by atoms with Gasteiger partial charge in [0.1, 0.15) is 5.01 Å². The average molecular weight is 444 g/mol. The maximum atomic E-state index is 13.7. The molecule has 0 saturated heterocycles. The molecule has 0 unspecified atom stereocenters. The molecule has 30 heavy (non-hydrogen) atoms. The number of carbonyl (C=O) groups excluding carboxylic acids is 1. The lowest BCUT2D eigenvalue weighted by Gasteiger charge is -2.27. The van der Waals surface area contributed by atoms with Crippen LogP contribution in [0.3, 0.4) is 0 Å². The van der Waals surface area contributed by atoms with Crippen LogP contribution in [-0.4, -0.2) is 36.4 Å². The molecule has 0 spiro atoms. The van der Waals surface area contributed by atoms with Gasteiger partial charge in [-0.15, -0.1) is 10.2 Å². The lowest BCUT2D eigenvalue weighted by Crippen LogP contribution is -2.39. The summed E-state index contributed by atoms with van der Waals surface area (Å²) in [5.74, 6) is 0.792. The summed E-state index contributed by atoms with van der Waals surface area (Å²) in [6.07, 6.45) is 4.06. The van der Waals surface area contributed by atoms with E-state index in [1.807, 2.05) is 24.3 Å². The van der Waals surface area contributed by atoms with E-state index in [0.717, 1.165) is 36.3 Å². The first-order valence-electron chi connectivity index (χ1n) is 9.76. The van der Waals surface area contributed by atoms with Crippen LogP contribution in [-0.2, 0) is 0 Å². The first-order chi connectivity index (χ1) is 14.6. The van der Waals surface area contributed by atoms with E-state index >= 15 is 0 Å². The van der Waals surface area contributed by atoms with Crippen molar-refractivity contribution < 1.29 is 14.3 Å². The van der Waals surface area contributed by atoms with Crippen LogP contribution < -0.4 is 14.4 Å². The Morgan fingerprint density at radius 3 is 2.47 bits per heavy atom. The normalized spacial score (nSPS) is 14.0. The molecule has 1 aromatic heterocycles. The quantitative estimate of drug-likeness (QED) is 0.505. The van der Waals surface area contributed by atoms with Crippen LogP contribution in [0, 0.1) is 0 Å². The van der Waals surface area contributed by atoms with E-state index < -0.39 is 0 Å². The molecule has 1 aliphatic carbocycles. The molecule has 1 saturated carbocycles. The maximum absolute atomic E-state index is 13.7. The van der Waals surface area contributed by atoms with E-state index in [0.29, 0.717) is 27.2 Å². The number of rotatable bonds is 6. The molecule has 8 heteroatoms. The largest absolute Gasteiger partial charge is 0.493 e. The molecule has 1 fully saturated rings. The molecule has 6 nitrogen and oxygen atoms in total. The molecule has 1 amide bonds. The molecule has 4 rings (SSSR count). The predicted octanol–water partition coefficient (Wildman–Crippen LogP) is 5.47. The molecule has 156 valence electrons. The topological polar surface area (TPSA) is 64.5 Å². The van der Waals surface area contributed by atoms with Crippen LogP contribution in [0.4, 0.5) is 5.13 Å². The van der Waals surface area contributed by atoms with Gasteiger partial charge in [0, 0.05) is 16.6 Å². The highest BCUT2D eigenvalue weighted by Crippen LogP contribution is 2.38. The second-order valence-corrected chi connectivity index (χ2v) is 8.44. The summed E-state index contributed by atoms with van der Waals surface area (Å²) >= 11 is 7.40. The zero-order chi connectivity index (χ0) is 21.1. The monoisotopic (exact) mass is 443 g/mol. The highest BCUT2D eigenvalue weighted by atomic mass is 35.5. The van der Waals surface area contributed by atoms with Gasteiger partial charge in [-0.2, -0.15) is 0 Å². The van der Waals surface area contributed by atoms with E-state index in [-0.39, 0.29) is 11.9 Å². The van der Waals surface area contributed by atoms with Crippen molar-refractivity contribution in [1.82, 2.24) is 10.2 Å². The Kier molecular flexibility index (Phi) is 6.20. The number of benzene rings is 2. The predicted molar refractivity (Wildman–Crippen MR) is 119 cm³/mol. The Morgan fingerprint density at radius 2 is 1.80 bits per heavy atom. The van der Waals surface area contributed by atoms with Crippen molar-refractivity contribution in [3.05, 3.63) is 53.1 Å². The molecule has 3 aromatic rings. The van der Waals surface area contributed by atoms with Gasteiger partial charge < -0.3 is 9.47 Å². The van der Waals surface area contributed by atoms with Gasteiger partial charge in [-0.3, -0.25) is 9.69 Å². The minimum absolute atomic E-state index is 0.0828. The number of anilines is 1. The van der Waals surface area contributed by atoms with Crippen molar-refractivity contribution >= 4 is 34.0 Å². The molecule has 0 atom stereocenters. The van der Waals surface area contributed by atoms with Gasteiger partial charge >= 0.3 is 0 Å². The molecule has 0 radical (unpaired) electrons. The zero-order valence-electron chi connectivity index (χ0n) is 16.8. The lowest BCUT2D eigenvalue weighted by molar-refractivity contribution is 0.0973. The van der Waals surface area contributed by atoms with E-state index in [1.165, 1.54) is 18.4 Å². The number of amides is 1. The summed E-state index contributed by atoms with van der Waals surface area (Å²) < 4.78 is 10.9. The fraction of sp³-hybridized carbons (Fsp3) is 0.318. The van der Waals surface area contributed by atoms with Crippen LogP contribution in [0.2, 0.25) is 5.02 Å². The van der Waals surface area contributed by atoms with E-state index in [1.54, 1.807) is 30.2 Å². The van der Waals surface area contributed by atoms with Crippen molar-refractivity contribution in [2.75, 3.05) is 19.1 Å². The van der Waals surface area contributed by atoms with Gasteiger partial charge in [0.15, 0.2) is 11.5 Å². The van der Waals surface area contributed by atoms with Gasteiger partial charge in [0.25, 0.3) is 5.91 Å². The Bertz CT molecular complexity index is 1030. The number of para-hydroxylation sites is 1. The van der Waals surface area contributed by atoms with Crippen molar-refractivity contribution in [3.63, 3.8) is 0 Å². The van der Waals surface area contributed by atoms with Crippen LogP contribution in [0.25, 0.3) is 10.6 Å². The van der Waals surface area contributed by atoms with Gasteiger partial charge in [-0.25, -0.2) is 0 Å². The first-order valence-corrected chi connectivity index (χ1v) is 11.0. The highest BCUT2D eigenvalue weighted by Gasteiger charge is 2.33. The second-order valence-electron chi connectivity index (χ2n) is 7.05. The van der Waals surface area contributed by atoms with Crippen molar-refractivity contribution in [2.45, 2.75) is 31.7 Å². The van der Waals surface area contributed by atoms with E-state index in [9.17, 15) is 4.79 Å². The molecule has 0 N–H and O–H groups in total. The molecule has 0 bridgehead atoms. The summed E-state index contributed by atoms with van der Waals surface area (Å²) in [7, 11) is 3.10. The standard InChI is InChI=1S/C22H22ClN3O3S/c1-28-18-9-5-8-17(19(18)29-2)21(27)26(16-6-3-4-7-16)22-25-24-20(30-22)14-10-12-15(23)13-11-14/h5,8-13,16H,3-4,6-7H2,1-2H3. The Hall–Kier alpha value is -2.64. The summed E-state index contributed by atoms with van der Waals surface area (Å²) in [4.78, 5) is 15.5. The zero-order valence-corrected chi connectivity index (χ0v) is 18.4. The minimum atomic E-state index is -0.156. The van der Waals surface area contributed by atoms with Crippen LogP contribution in [0.15, 0.2) is 42.5 Å². The van der Waals surface area contributed by atoms with Crippen molar-refractivity contribution in [3.8, 4) is 22.1 Å². The number of ether oxygens (including phenoxy) is 2. The number of halogens is 1. The third-order valence-corrected chi connectivity index (χ3v) is 6.48. The number of hydrogen-bond acceptors (Lipinski definition) is 6. The first kappa shape index (κ1) is 20.6. The summed E-state index contributed by atoms with van der Waals surface area (Å²) in [6.45, 7) is 0. The minimum Gasteiger partial charge on any atom is -0.493 e. The number of carbonyl (C=O) groups is 1. The van der Waals surface area contributed by atoms with Gasteiger partial charge in [0.2, 0.25) is 5.13 Å². The summed E-state index contributed by atoms with van der Waals surface area (Å²) in [6, 6.07) is 12.9. The number of methoxy groups -OCH3 is 2. The fourth-order valence-electron chi connectivity index (χ4n) is 3.78. The Labute approximate surface area is 184 Å². The number of aromatic nitrogens is 2. The maximum Gasteiger partial charge on any atom is 0.264 e. The van der Waals surface area contributed by atoms with Crippen molar-refractivity contribution in [1.29, 1.82) is 0 Å². The average Bonchev–Trinajstić information content (AvgIpc) is 3.47. The molecule has 2 aromatic carbocycles. The molecule has 1 heterocycles. The van der Waals surface area contributed by atoms with Crippen LogP contribution >= 0.6 is 22.9 Å². The number of hydrogen-bond donors (Lipinski definition) is 0. The lowest BCUT2D eigenvalue weighted by atomic mass is 10.1. The SMILES string of the molecule is COc1cccc(C(=O)N(c2nnc(-c3ccc(Cl)cc3)s2)C2CCCC2)c1OC. The molecular formula is C22H22ClN3O3S. The van der Waals surface area contributed by atoms with Gasteiger partial charge in [0.05, 0.1) is 19.8 Å². The van der Waals surface area contributed by atoms with E-state index in [4.69, 9.17) is 21.1 Å². The molecule has 1 aliphatic rings. The molecular weight excluding hydrogens is 422 g/mol. The number of nitrogens with zero attached hydrogens (tertiary/aromatic N) is 3. The summed E-state index contributed by atoms with van der Waals surface area (Å²) in [5.41, 5.74) is 1.37. The smallest absolute Gasteiger partial charge is 0.264 e. The van der Waals surface area contributed by atoms with Crippen LogP contribution in [0.1, 0.15) is 36.0 Å². The summed E-state index contributed by atoms with van der Waals surface area (Å²) in [5, 5.41) is 10.7. The Morgan fingerprint density at radius 1 is 1.07 bits per heavy atom. The van der Waals surface area contributed by atoms with Gasteiger partial charge in [-0.05, 0) is 37.1 Å². The second kappa shape index (κ2) is 9.02.